The molecule has 4 amide bonds. The fourth-order valence-electron chi connectivity index (χ4n) is 5.59. The molecule has 220 valence electrons. The van der Waals surface area contributed by atoms with E-state index < -0.39 is 17.7 Å². The number of ether oxygens (including phenoxy) is 1. The van der Waals surface area contributed by atoms with Crippen LogP contribution < -0.4 is 20.3 Å². The Morgan fingerprint density at radius 3 is 1.95 bits per heavy atom. The molecular formula is C36H31N3O5. The number of imide groups is 1. The first-order chi connectivity index (χ1) is 21.3. The quantitative estimate of drug-likeness (QED) is 0.177. The lowest BCUT2D eigenvalue weighted by Crippen LogP contribution is -2.33. The van der Waals surface area contributed by atoms with Crippen molar-refractivity contribution >= 4 is 40.7 Å². The van der Waals surface area contributed by atoms with E-state index in [0.717, 1.165) is 16.9 Å². The molecule has 0 spiro atoms. The minimum atomic E-state index is -0.462. The maximum atomic E-state index is 13.3. The van der Waals surface area contributed by atoms with Gasteiger partial charge in [0.15, 0.2) is 0 Å². The average molecular weight is 586 g/mol. The van der Waals surface area contributed by atoms with E-state index in [-0.39, 0.29) is 29.0 Å². The molecule has 2 aliphatic rings. The summed E-state index contributed by atoms with van der Waals surface area (Å²) < 4.78 is 5.84. The van der Waals surface area contributed by atoms with Gasteiger partial charge in [0.05, 0.1) is 23.1 Å². The molecule has 0 saturated carbocycles. The van der Waals surface area contributed by atoms with Crippen molar-refractivity contribution in [1.82, 2.24) is 0 Å². The Morgan fingerprint density at radius 1 is 0.705 bits per heavy atom. The molecule has 44 heavy (non-hydrogen) atoms. The van der Waals surface area contributed by atoms with Crippen LogP contribution in [0, 0.1) is 18.8 Å². The van der Waals surface area contributed by atoms with Gasteiger partial charge < -0.3 is 15.4 Å². The fraction of sp³-hybridized carbons (Fsp3) is 0.167. The van der Waals surface area contributed by atoms with Crippen LogP contribution in [0.5, 0.6) is 11.5 Å². The number of aryl methyl sites for hydroxylation is 1. The van der Waals surface area contributed by atoms with Gasteiger partial charge in [-0.1, -0.05) is 41.5 Å². The summed E-state index contributed by atoms with van der Waals surface area (Å²) in [6.07, 6.45) is 3.09. The molecule has 8 nitrogen and oxygen atoms in total. The molecular weight excluding hydrogens is 554 g/mol. The van der Waals surface area contributed by atoms with Crippen LogP contribution in [0.1, 0.15) is 46.0 Å². The molecule has 1 aliphatic carbocycles. The largest absolute Gasteiger partial charge is 0.457 e. The number of para-hydroxylation sites is 1. The van der Waals surface area contributed by atoms with Gasteiger partial charge >= 0.3 is 0 Å². The molecule has 0 radical (unpaired) electrons. The lowest BCUT2D eigenvalue weighted by atomic mass is 9.82. The number of benzene rings is 4. The maximum absolute atomic E-state index is 13.3. The monoisotopic (exact) mass is 585 g/mol. The van der Waals surface area contributed by atoms with Crippen LogP contribution in [-0.4, -0.2) is 23.6 Å². The molecule has 1 saturated heterocycles. The third-order valence-corrected chi connectivity index (χ3v) is 7.99. The Hall–Kier alpha value is -5.50. The van der Waals surface area contributed by atoms with Crippen molar-refractivity contribution in [3.63, 3.8) is 0 Å². The Kier molecular flexibility index (Phi) is 7.81. The standard InChI is InChI=1S/C36H31N3O5/c1-22-7-16-27(17-8-22)44-28-18-14-26(15-19-28)37-33(40)24-10-12-25(13-11-24)38-34(41)30-5-3-4-6-32(30)39-35(42)29-20-9-23(2)21-31(29)36(39)43/h3-19,29,31H,20-21H2,1-2H3,(H,37,40)(H,38,41)/t29-,31-/m1/s1. The van der Waals surface area contributed by atoms with Crippen LogP contribution >= 0.6 is 0 Å². The van der Waals surface area contributed by atoms with Crippen molar-refractivity contribution in [3.05, 3.63) is 125 Å². The summed E-state index contributed by atoms with van der Waals surface area (Å²) in [5.41, 5.74) is 4.22. The van der Waals surface area contributed by atoms with Crippen LogP contribution in [0.3, 0.4) is 0 Å². The molecule has 0 aromatic heterocycles. The molecule has 6 rings (SSSR count). The maximum Gasteiger partial charge on any atom is 0.257 e. The fourth-order valence-corrected chi connectivity index (χ4v) is 5.59. The van der Waals surface area contributed by atoms with Gasteiger partial charge in [-0.05, 0) is 99.5 Å². The summed E-state index contributed by atoms with van der Waals surface area (Å²) in [7, 11) is 0. The van der Waals surface area contributed by atoms with Crippen LogP contribution in [0.4, 0.5) is 17.1 Å². The second-order valence-corrected chi connectivity index (χ2v) is 11.2. The van der Waals surface area contributed by atoms with E-state index in [4.69, 9.17) is 4.74 Å². The molecule has 4 aromatic rings. The van der Waals surface area contributed by atoms with Crippen molar-refractivity contribution in [2.75, 3.05) is 15.5 Å². The predicted molar refractivity (Wildman–Crippen MR) is 169 cm³/mol. The Bertz CT molecular complexity index is 1780. The molecule has 4 aromatic carbocycles. The molecule has 1 aliphatic heterocycles. The average Bonchev–Trinajstić information content (AvgIpc) is 3.27. The molecule has 0 bridgehead atoms. The van der Waals surface area contributed by atoms with Crippen LogP contribution in [0.15, 0.2) is 109 Å². The van der Waals surface area contributed by atoms with Crippen molar-refractivity contribution in [3.8, 4) is 11.5 Å². The molecule has 8 heteroatoms. The van der Waals surface area contributed by atoms with Gasteiger partial charge in [0.25, 0.3) is 11.8 Å². The number of anilines is 3. The van der Waals surface area contributed by atoms with Gasteiger partial charge in [0.1, 0.15) is 11.5 Å². The molecule has 0 unspecified atom stereocenters. The zero-order valence-electron chi connectivity index (χ0n) is 24.4. The van der Waals surface area contributed by atoms with E-state index in [2.05, 4.69) is 10.6 Å². The summed E-state index contributed by atoms with van der Waals surface area (Å²) in [5, 5.41) is 5.68. The van der Waals surface area contributed by atoms with Crippen LogP contribution in [0.25, 0.3) is 0 Å². The third-order valence-electron chi connectivity index (χ3n) is 7.99. The van der Waals surface area contributed by atoms with Gasteiger partial charge in [0, 0.05) is 16.9 Å². The number of amides is 4. The molecule has 2 N–H and O–H groups in total. The van der Waals surface area contributed by atoms with Crippen LogP contribution in [0.2, 0.25) is 0 Å². The lowest BCUT2D eigenvalue weighted by molar-refractivity contribution is -0.122. The highest BCUT2D eigenvalue weighted by Gasteiger charge is 2.49. The Morgan fingerprint density at radius 2 is 1.27 bits per heavy atom. The minimum absolute atomic E-state index is 0.217. The zero-order valence-corrected chi connectivity index (χ0v) is 24.4. The van der Waals surface area contributed by atoms with Gasteiger partial charge in [-0.2, -0.15) is 0 Å². The SMILES string of the molecule is CC1=CC[C@H]2C(=O)N(c3ccccc3C(=O)Nc3ccc(C(=O)Nc4ccc(Oc5ccc(C)cc5)cc4)cc3)C(=O)[C@@H]2C1. The van der Waals surface area contributed by atoms with Crippen molar-refractivity contribution in [2.45, 2.75) is 26.7 Å². The number of hydrogen-bond acceptors (Lipinski definition) is 5. The van der Waals surface area contributed by atoms with E-state index in [1.165, 1.54) is 4.90 Å². The second-order valence-electron chi connectivity index (χ2n) is 11.2. The van der Waals surface area contributed by atoms with Crippen molar-refractivity contribution < 1.29 is 23.9 Å². The lowest BCUT2D eigenvalue weighted by Gasteiger charge is -2.19. The number of allylic oxidation sites excluding steroid dienone is 2. The minimum Gasteiger partial charge on any atom is -0.457 e. The highest BCUT2D eigenvalue weighted by molar-refractivity contribution is 6.25. The smallest absolute Gasteiger partial charge is 0.257 e. The number of fused-ring (bicyclic) bond motifs is 1. The van der Waals surface area contributed by atoms with Crippen LogP contribution in [-0.2, 0) is 9.59 Å². The number of rotatable bonds is 7. The van der Waals surface area contributed by atoms with E-state index in [0.29, 0.717) is 35.5 Å². The number of carbonyl (C=O) groups excluding carboxylic acids is 4. The Labute approximate surface area is 255 Å². The highest BCUT2D eigenvalue weighted by Crippen LogP contribution is 2.40. The highest BCUT2D eigenvalue weighted by atomic mass is 16.5. The summed E-state index contributed by atoms with van der Waals surface area (Å²) in [5.74, 6) is -0.723. The van der Waals surface area contributed by atoms with Gasteiger partial charge in [0.2, 0.25) is 11.8 Å². The van der Waals surface area contributed by atoms with Gasteiger partial charge in [-0.15, -0.1) is 0 Å². The van der Waals surface area contributed by atoms with E-state index in [9.17, 15) is 19.2 Å². The normalized spacial score (nSPS) is 17.5. The van der Waals surface area contributed by atoms with Crippen molar-refractivity contribution in [2.24, 2.45) is 11.8 Å². The van der Waals surface area contributed by atoms with Gasteiger partial charge in [-0.3, -0.25) is 19.2 Å². The number of nitrogens with one attached hydrogen (secondary N) is 2. The second kappa shape index (κ2) is 12.0. The van der Waals surface area contributed by atoms with E-state index >= 15 is 0 Å². The first-order valence-electron chi connectivity index (χ1n) is 14.5. The first kappa shape index (κ1) is 28.6. The molecule has 1 fully saturated rings. The summed E-state index contributed by atoms with van der Waals surface area (Å²) in [6, 6.07) is 27.9. The van der Waals surface area contributed by atoms with E-state index in [1.807, 2.05) is 44.2 Å². The predicted octanol–water partition coefficient (Wildman–Crippen LogP) is 7.14. The molecule has 2 atom stereocenters. The molecule has 1 heterocycles. The summed E-state index contributed by atoms with van der Waals surface area (Å²) in [4.78, 5) is 53.8. The number of hydrogen-bond donors (Lipinski definition) is 2. The number of carbonyl (C=O) groups is 4. The third kappa shape index (κ3) is 5.87. The summed E-state index contributed by atoms with van der Waals surface area (Å²) in [6.45, 7) is 3.98. The van der Waals surface area contributed by atoms with Crippen molar-refractivity contribution in [1.29, 1.82) is 0 Å². The Balaban J connectivity index is 1.09. The first-order valence-corrected chi connectivity index (χ1v) is 14.5. The topological polar surface area (TPSA) is 105 Å². The van der Waals surface area contributed by atoms with Gasteiger partial charge in [-0.25, -0.2) is 4.90 Å². The number of nitrogens with zero attached hydrogens (tertiary/aromatic N) is 1. The van der Waals surface area contributed by atoms with E-state index in [1.54, 1.807) is 72.8 Å². The zero-order chi connectivity index (χ0) is 30.8. The summed E-state index contributed by atoms with van der Waals surface area (Å²) >= 11 is 0.